The minimum absolute atomic E-state index is 0.165. The zero-order valence-corrected chi connectivity index (χ0v) is 12.1. The quantitative estimate of drug-likeness (QED) is 0.764. The third-order valence-corrected chi connectivity index (χ3v) is 3.31. The Labute approximate surface area is 123 Å². The molecule has 6 heteroatoms. The van der Waals surface area contributed by atoms with Crippen LogP contribution < -0.4 is 0 Å². The molecule has 0 saturated heterocycles. The van der Waals surface area contributed by atoms with Gasteiger partial charge in [-0.25, -0.2) is 0 Å². The highest BCUT2D eigenvalue weighted by atomic mass is 16.6. The summed E-state index contributed by atoms with van der Waals surface area (Å²) in [6, 6.07) is 9.60. The second-order valence-electron chi connectivity index (χ2n) is 4.79. The predicted octanol–water partition coefficient (Wildman–Crippen LogP) is 1.20. The number of esters is 1. The maximum atomic E-state index is 12.2. The first kappa shape index (κ1) is 15.0. The molecule has 2 rings (SSSR count). The molecule has 1 aromatic rings. The van der Waals surface area contributed by atoms with Crippen LogP contribution in [0.25, 0.3) is 0 Å². The number of amides is 1. The van der Waals surface area contributed by atoms with Crippen molar-refractivity contribution in [3.05, 3.63) is 35.9 Å². The standard InChI is InChI=1S/C15H18N2O4/c1-17(9-8-14(18)20-2)15(19)13-10-12(16-21-13)11-6-4-3-5-7-11/h3-7,13H,8-10H2,1-2H3. The Kier molecular flexibility index (Phi) is 4.92. The van der Waals surface area contributed by atoms with Crippen LogP contribution in [0.2, 0.25) is 0 Å². The Balaban J connectivity index is 1.87. The van der Waals surface area contributed by atoms with Gasteiger partial charge in [-0.2, -0.15) is 0 Å². The number of methoxy groups -OCH3 is 1. The van der Waals surface area contributed by atoms with E-state index in [0.717, 1.165) is 11.3 Å². The zero-order chi connectivity index (χ0) is 15.2. The second kappa shape index (κ2) is 6.88. The summed E-state index contributed by atoms with van der Waals surface area (Å²) >= 11 is 0. The van der Waals surface area contributed by atoms with Gasteiger partial charge in [-0.3, -0.25) is 9.59 Å². The van der Waals surface area contributed by atoms with Gasteiger partial charge in [0.15, 0.2) is 0 Å². The van der Waals surface area contributed by atoms with Gasteiger partial charge in [0.1, 0.15) is 0 Å². The van der Waals surface area contributed by atoms with Crippen molar-refractivity contribution in [1.29, 1.82) is 0 Å². The molecule has 0 spiro atoms. The van der Waals surface area contributed by atoms with Crippen molar-refractivity contribution in [3.63, 3.8) is 0 Å². The Bertz CT molecular complexity index is 542. The van der Waals surface area contributed by atoms with Crippen LogP contribution in [-0.4, -0.2) is 49.3 Å². The molecule has 112 valence electrons. The highest BCUT2D eigenvalue weighted by Gasteiger charge is 2.31. The summed E-state index contributed by atoms with van der Waals surface area (Å²) in [5.74, 6) is -0.531. The van der Waals surface area contributed by atoms with Gasteiger partial charge in [0.25, 0.3) is 5.91 Å². The lowest BCUT2D eigenvalue weighted by molar-refractivity contribution is -0.144. The number of nitrogens with zero attached hydrogens (tertiary/aromatic N) is 2. The summed E-state index contributed by atoms with van der Waals surface area (Å²) in [7, 11) is 2.96. The van der Waals surface area contributed by atoms with Crippen LogP contribution in [0.3, 0.4) is 0 Å². The third kappa shape index (κ3) is 3.81. The molecule has 1 heterocycles. The highest BCUT2D eigenvalue weighted by Crippen LogP contribution is 2.18. The molecule has 21 heavy (non-hydrogen) atoms. The molecule has 1 amide bonds. The Morgan fingerprint density at radius 2 is 2.10 bits per heavy atom. The van der Waals surface area contributed by atoms with Gasteiger partial charge in [0, 0.05) is 20.0 Å². The minimum atomic E-state index is -0.622. The summed E-state index contributed by atoms with van der Waals surface area (Å²) in [6.07, 6.45) is -0.0219. The number of rotatable bonds is 5. The molecule has 0 N–H and O–H groups in total. The fraction of sp³-hybridized carbons (Fsp3) is 0.400. The molecule has 1 aromatic carbocycles. The first-order chi connectivity index (χ1) is 10.1. The van der Waals surface area contributed by atoms with E-state index >= 15 is 0 Å². The van der Waals surface area contributed by atoms with Crippen molar-refractivity contribution in [2.45, 2.75) is 18.9 Å². The van der Waals surface area contributed by atoms with E-state index in [1.165, 1.54) is 12.0 Å². The lowest BCUT2D eigenvalue weighted by Crippen LogP contribution is -2.37. The van der Waals surface area contributed by atoms with E-state index in [4.69, 9.17) is 4.84 Å². The number of ether oxygens (including phenoxy) is 1. The maximum absolute atomic E-state index is 12.2. The largest absolute Gasteiger partial charge is 0.469 e. The average molecular weight is 290 g/mol. The molecule has 1 aliphatic heterocycles. The number of likely N-dealkylation sites (N-methyl/N-ethyl adjacent to an activating group) is 1. The maximum Gasteiger partial charge on any atom is 0.307 e. The van der Waals surface area contributed by atoms with Crippen molar-refractivity contribution < 1.29 is 19.2 Å². The summed E-state index contributed by atoms with van der Waals surface area (Å²) in [4.78, 5) is 30.0. The van der Waals surface area contributed by atoms with Crippen LogP contribution in [0.4, 0.5) is 0 Å². The molecule has 1 atom stereocenters. The molecule has 0 radical (unpaired) electrons. The molecular formula is C15H18N2O4. The summed E-state index contributed by atoms with van der Waals surface area (Å²) in [6.45, 7) is 0.298. The van der Waals surface area contributed by atoms with E-state index in [1.807, 2.05) is 30.3 Å². The molecular weight excluding hydrogens is 272 g/mol. The summed E-state index contributed by atoms with van der Waals surface area (Å²) < 4.78 is 4.55. The van der Waals surface area contributed by atoms with Gasteiger partial charge >= 0.3 is 5.97 Å². The van der Waals surface area contributed by atoms with Gasteiger partial charge in [0.2, 0.25) is 6.10 Å². The van der Waals surface area contributed by atoms with E-state index in [-0.39, 0.29) is 18.3 Å². The van der Waals surface area contributed by atoms with E-state index in [2.05, 4.69) is 9.89 Å². The first-order valence-corrected chi connectivity index (χ1v) is 6.71. The van der Waals surface area contributed by atoms with Crippen molar-refractivity contribution in [3.8, 4) is 0 Å². The molecule has 1 aliphatic rings. The Hall–Kier alpha value is -2.37. The first-order valence-electron chi connectivity index (χ1n) is 6.71. The van der Waals surface area contributed by atoms with Crippen LogP contribution in [0.5, 0.6) is 0 Å². The lowest BCUT2D eigenvalue weighted by Gasteiger charge is -2.19. The smallest absolute Gasteiger partial charge is 0.307 e. The Morgan fingerprint density at radius 3 is 2.76 bits per heavy atom. The molecule has 0 saturated carbocycles. The number of hydrogen-bond acceptors (Lipinski definition) is 5. The molecule has 1 unspecified atom stereocenters. The van der Waals surface area contributed by atoms with Crippen molar-refractivity contribution in [2.75, 3.05) is 20.7 Å². The van der Waals surface area contributed by atoms with E-state index in [1.54, 1.807) is 7.05 Å². The molecule has 0 aliphatic carbocycles. The van der Waals surface area contributed by atoms with Crippen LogP contribution in [0, 0.1) is 0 Å². The van der Waals surface area contributed by atoms with E-state index < -0.39 is 6.10 Å². The van der Waals surface area contributed by atoms with Gasteiger partial charge in [-0.05, 0) is 5.56 Å². The number of benzene rings is 1. The van der Waals surface area contributed by atoms with Crippen LogP contribution in [-0.2, 0) is 19.2 Å². The van der Waals surface area contributed by atoms with Gasteiger partial charge in [0.05, 0.1) is 19.2 Å². The normalized spacial score (nSPS) is 16.9. The monoisotopic (exact) mass is 290 g/mol. The molecule has 0 bridgehead atoms. The number of carbonyl (C=O) groups is 2. The van der Waals surface area contributed by atoms with Crippen molar-refractivity contribution in [1.82, 2.24) is 4.90 Å². The van der Waals surface area contributed by atoms with Crippen molar-refractivity contribution >= 4 is 17.6 Å². The van der Waals surface area contributed by atoms with Crippen LogP contribution >= 0.6 is 0 Å². The van der Waals surface area contributed by atoms with Gasteiger partial charge in [-0.15, -0.1) is 0 Å². The van der Waals surface area contributed by atoms with Gasteiger partial charge < -0.3 is 14.5 Å². The fourth-order valence-electron chi connectivity index (χ4n) is 2.03. The molecule has 6 nitrogen and oxygen atoms in total. The third-order valence-electron chi connectivity index (χ3n) is 3.31. The molecule has 0 aromatic heterocycles. The summed E-state index contributed by atoms with van der Waals surface area (Å²) in [5, 5.41) is 3.98. The highest BCUT2D eigenvalue weighted by molar-refractivity contribution is 6.04. The van der Waals surface area contributed by atoms with Crippen LogP contribution in [0.15, 0.2) is 35.5 Å². The van der Waals surface area contributed by atoms with Crippen LogP contribution in [0.1, 0.15) is 18.4 Å². The number of oxime groups is 1. The fourth-order valence-corrected chi connectivity index (χ4v) is 2.03. The average Bonchev–Trinajstić information content (AvgIpc) is 3.02. The SMILES string of the molecule is COC(=O)CCN(C)C(=O)C1CC(c2ccccc2)=NO1. The van der Waals surface area contributed by atoms with E-state index in [9.17, 15) is 9.59 Å². The summed E-state index contributed by atoms with van der Waals surface area (Å²) in [5.41, 5.74) is 1.71. The number of carbonyl (C=O) groups excluding carboxylic acids is 2. The topological polar surface area (TPSA) is 68.2 Å². The Morgan fingerprint density at radius 1 is 1.38 bits per heavy atom. The lowest BCUT2D eigenvalue weighted by atomic mass is 10.0. The second-order valence-corrected chi connectivity index (χ2v) is 4.79. The predicted molar refractivity (Wildman–Crippen MR) is 76.7 cm³/mol. The van der Waals surface area contributed by atoms with Gasteiger partial charge in [-0.1, -0.05) is 35.5 Å². The minimum Gasteiger partial charge on any atom is -0.469 e. The van der Waals surface area contributed by atoms with E-state index in [0.29, 0.717) is 13.0 Å². The van der Waals surface area contributed by atoms with Crippen molar-refractivity contribution in [2.24, 2.45) is 5.16 Å². The zero-order valence-electron chi connectivity index (χ0n) is 12.1. The number of hydrogen-bond donors (Lipinski definition) is 0. The molecule has 0 fully saturated rings.